The molecule has 0 radical (unpaired) electrons. The summed E-state index contributed by atoms with van der Waals surface area (Å²) in [6, 6.07) is -0.737. The van der Waals surface area contributed by atoms with E-state index < -0.39 is 6.04 Å². The molecule has 0 aliphatic carbocycles. The average molecular weight is 188 g/mol. The molecule has 5 heteroatoms. The second-order valence-corrected chi connectivity index (χ2v) is 3.23. The average Bonchev–Trinajstić information content (AvgIpc) is 2.16. The van der Waals surface area contributed by atoms with Gasteiger partial charge in [0.1, 0.15) is 0 Å². The van der Waals surface area contributed by atoms with Crippen molar-refractivity contribution in [3.05, 3.63) is 0 Å². The van der Waals surface area contributed by atoms with Gasteiger partial charge in [-0.25, -0.2) is 0 Å². The summed E-state index contributed by atoms with van der Waals surface area (Å²) in [6.45, 7) is 3.01. The van der Waals surface area contributed by atoms with Crippen LogP contribution in [-0.2, 0) is 9.53 Å². The maximum atomic E-state index is 11.5. The summed E-state index contributed by atoms with van der Waals surface area (Å²) in [5.74, 6) is -0.123. The lowest BCUT2D eigenvalue weighted by atomic mass is 10.2. The molecule has 13 heavy (non-hydrogen) atoms. The molecule has 0 saturated carbocycles. The summed E-state index contributed by atoms with van der Waals surface area (Å²) in [6.07, 6.45) is 0. The van der Waals surface area contributed by atoms with Gasteiger partial charge in [0, 0.05) is 6.54 Å². The molecule has 1 amide bonds. The van der Waals surface area contributed by atoms with Gasteiger partial charge in [0.2, 0.25) is 5.91 Å². The Morgan fingerprint density at radius 1 is 1.85 bits per heavy atom. The Labute approximate surface area is 77.5 Å². The van der Waals surface area contributed by atoms with Crippen LogP contribution in [0.4, 0.5) is 0 Å². The van der Waals surface area contributed by atoms with Crippen molar-refractivity contribution in [1.29, 1.82) is 0 Å². The molecule has 0 spiro atoms. The predicted molar refractivity (Wildman–Crippen MR) is 47.1 cm³/mol. The molecular weight excluding hydrogens is 172 g/mol. The second kappa shape index (κ2) is 4.55. The maximum absolute atomic E-state index is 11.5. The summed E-state index contributed by atoms with van der Waals surface area (Å²) in [7, 11) is 0. The quantitative estimate of drug-likeness (QED) is 0.556. The number of aliphatic hydroxyl groups excluding tert-OH is 1. The van der Waals surface area contributed by atoms with E-state index in [1.165, 1.54) is 0 Å². The number of ether oxygens (including phenoxy) is 1. The predicted octanol–water partition coefficient (Wildman–Crippen LogP) is -1.45. The molecule has 76 valence electrons. The summed E-state index contributed by atoms with van der Waals surface area (Å²) in [5.41, 5.74) is 5.47. The molecule has 0 aromatic carbocycles. The van der Waals surface area contributed by atoms with Gasteiger partial charge >= 0.3 is 0 Å². The van der Waals surface area contributed by atoms with Crippen LogP contribution in [0.5, 0.6) is 0 Å². The zero-order valence-electron chi connectivity index (χ0n) is 7.77. The first-order valence-electron chi connectivity index (χ1n) is 4.41. The van der Waals surface area contributed by atoms with Crippen LogP contribution in [0.25, 0.3) is 0 Å². The van der Waals surface area contributed by atoms with Gasteiger partial charge in [-0.2, -0.15) is 0 Å². The van der Waals surface area contributed by atoms with E-state index in [-0.39, 0.29) is 18.6 Å². The van der Waals surface area contributed by atoms with Crippen molar-refractivity contribution in [3.8, 4) is 0 Å². The molecule has 0 aromatic heterocycles. The number of aliphatic hydroxyl groups is 1. The number of hydrogen-bond donors (Lipinski definition) is 2. The Morgan fingerprint density at radius 3 is 3.08 bits per heavy atom. The lowest BCUT2D eigenvalue weighted by Gasteiger charge is -2.35. The number of nitrogens with zero attached hydrogens (tertiary/aromatic N) is 1. The van der Waals surface area contributed by atoms with E-state index in [1.54, 1.807) is 11.8 Å². The number of amides is 1. The van der Waals surface area contributed by atoms with Gasteiger partial charge in [0.05, 0.1) is 31.9 Å². The number of carbonyl (C=O) groups excluding carboxylic acids is 1. The minimum atomic E-state index is -0.507. The monoisotopic (exact) mass is 188 g/mol. The molecular formula is C8H16N2O3. The number of rotatable bonds is 2. The minimum Gasteiger partial charge on any atom is -0.394 e. The van der Waals surface area contributed by atoms with Crippen molar-refractivity contribution in [2.24, 2.45) is 5.73 Å². The van der Waals surface area contributed by atoms with Crippen LogP contribution in [0.3, 0.4) is 0 Å². The lowest BCUT2D eigenvalue weighted by molar-refractivity contribution is -0.142. The van der Waals surface area contributed by atoms with Gasteiger partial charge in [-0.15, -0.1) is 0 Å². The number of carbonyl (C=O) groups is 1. The fourth-order valence-electron chi connectivity index (χ4n) is 1.36. The summed E-state index contributed by atoms with van der Waals surface area (Å²) >= 11 is 0. The Morgan fingerprint density at radius 2 is 2.54 bits per heavy atom. The third-order valence-corrected chi connectivity index (χ3v) is 2.11. The maximum Gasteiger partial charge on any atom is 0.239 e. The summed E-state index contributed by atoms with van der Waals surface area (Å²) in [5, 5.41) is 8.98. The molecule has 3 N–H and O–H groups in total. The summed E-state index contributed by atoms with van der Waals surface area (Å²) < 4.78 is 5.14. The van der Waals surface area contributed by atoms with Crippen LogP contribution in [0, 0.1) is 0 Å². The lowest BCUT2D eigenvalue weighted by Crippen LogP contribution is -2.54. The molecule has 1 unspecified atom stereocenters. The zero-order valence-corrected chi connectivity index (χ0v) is 7.77. The van der Waals surface area contributed by atoms with Gasteiger partial charge in [-0.05, 0) is 6.92 Å². The van der Waals surface area contributed by atoms with Gasteiger partial charge in [-0.1, -0.05) is 0 Å². The molecule has 1 saturated heterocycles. The van der Waals surface area contributed by atoms with Gasteiger partial charge in [0.25, 0.3) is 0 Å². The van der Waals surface area contributed by atoms with E-state index in [9.17, 15) is 4.79 Å². The molecule has 1 aliphatic heterocycles. The second-order valence-electron chi connectivity index (χ2n) is 3.23. The Bertz CT molecular complexity index is 184. The van der Waals surface area contributed by atoms with Crippen molar-refractivity contribution < 1.29 is 14.6 Å². The van der Waals surface area contributed by atoms with Crippen LogP contribution >= 0.6 is 0 Å². The number of morpholine rings is 1. The largest absolute Gasteiger partial charge is 0.394 e. The highest BCUT2D eigenvalue weighted by atomic mass is 16.5. The van der Waals surface area contributed by atoms with Crippen molar-refractivity contribution in [1.82, 2.24) is 4.90 Å². The van der Waals surface area contributed by atoms with Crippen LogP contribution < -0.4 is 5.73 Å². The van der Waals surface area contributed by atoms with Crippen LogP contribution in [0.1, 0.15) is 6.92 Å². The van der Waals surface area contributed by atoms with E-state index in [2.05, 4.69) is 0 Å². The molecule has 1 aliphatic rings. The first-order chi connectivity index (χ1) is 6.16. The molecule has 5 nitrogen and oxygen atoms in total. The molecule has 0 aromatic rings. The van der Waals surface area contributed by atoms with E-state index in [0.717, 1.165) is 0 Å². The van der Waals surface area contributed by atoms with E-state index in [4.69, 9.17) is 15.6 Å². The molecule has 1 fully saturated rings. The Balaban J connectivity index is 2.58. The highest BCUT2D eigenvalue weighted by molar-refractivity contribution is 5.81. The van der Waals surface area contributed by atoms with Gasteiger partial charge in [-0.3, -0.25) is 4.79 Å². The fraction of sp³-hybridized carbons (Fsp3) is 0.875. The fourth-order valence-corrected chi connectivity index (χ4v) is 1.36. The van der Waals surface area contributed by atoms with E-state index >= 15 is 0 Å². The van der Waals surface area contributed by atoms with E-state index in [0.29, 0.717) is 19.8 Å². The highest BCUT2D eigenvalue weighted by Crippen LogP contribution is 2.07. The SMILES string of the molecule is C[C@H](N)C(=O)N1CCOCC1CO. The Hall–Kier alpha value is -0.650. The first-order valence-corrected chi connectivity index (χ1v) is 4.41. The van der Waals surface area contributed by atoms with Crippen LogP contribution in [0.15, 0.2) is 0 Å². The smallest absolute Gasteiger partial charge is 0.239 e. The topological polar surface area (TPSA) is 75.8 Å². The van der Waals surface area contributed by atoms with Crippen molar-refractivity contribution in [2.75, 3.05) is 26.4 Å². The standard InChI is InChI=1S/C8H16N2O3/c1-6(9)8(12)10-2-3-13-5-7(10)4-11/h6-7,11H,2-5,9H2,1H3/t6-,7?/m0/s1. The normalized spacial score (nSPS) is 25.8. The van der Waals surface area contributed by atoms with Crippen molar-refractivity contribution in [2.45, 2.75) is 19.0 Å². The van der Waals surface area contributed by atoms with Crippen molar-refractivity contribution >= 4 is 5.91 Å². The van der Waals surface area contributed by atoms with Gasteiger partial charge < -0.3 is 20.5 Å². The third-order valence-electron chi connectivity index (χ3n) is 2.11. The number of nitrogens with two attached hydrogens (primary N) is 1. The molecule has 1 rings (SSSR count). The molecule has 2 atom stereocenters. The minimum absolute atomic E-state index is 0.0710. The zero-order chi connectivity index (χ0) is 9.84. The number of hydrogen-bond acceptors (Lipinski definition) is 4. The van der Waals surface area contributed by atoms with Gasteiger partial charge in [0.15, 0.2) is 0 Å². The third kappa shape index (κ3) is 2.40. The van der Waals surface area contributed by atoms with E-state index in [1.807, 2.05) is 0 Å². The van der Waals surface area contributed by atoms with Crippen LogP contribution in [0.2, 0.25) is 0 Å². The summed E-state index contributed by atoms with van der Waals surface area (Å²) in [4.78, 5) is 13.1. The van der Waals surface area contributed by atoms with Crippen LogP contribution in [-0.4, -0.2) is 54.4 Å². The Kier molecular flexibility index (Phi) is 3.65. The highest BCUT2D eigenvalue weighted by Gasteiger charge is 2.28. The molecule has 1 heterocycles. The molecule has 0 bridgehead atoms. The first kappa shape index (κ1) is 10.4. The van der Waals surface area contributed by atoms with Crippen molar-refractivity contribution in [3.63, 3.8) is 0 Å².